The molecule has 0 amide bonds. The van der Waals surface area contributed by atoms with Crippen molar-refractivity contribution in [1.82, 2.24) is 4.98 Å². The number of hydrogen-bond donors (Lipinski definition) is 0. The van der Waals surface area contributed by atoms with Gasteiger partial charge in [0.25, 0.3) is 0 Å². The van der Waals surface area contributed by atoms with Gasteiger partial charge in [0.05, 0.1) is 11.3 Å². The number of rotatable bonds is 5. The van der Waals surface area contributed by atoms with Crippen LogP contribution in [-0.2, 0) is 12.8 Å². The van der Waals surface area contributed by atoms with Gasteiger partial charge in [-0.3, -0.25) is 4.79 Å². The summed E-state index contributed by atoms with van der Waals surface area (Å²) in [5.41, 5.74) is 4.23. The first kappa shape index (κ1) is 18.9. The average molecular weight is 409 g/mol. The molecule has 28 heavy (non-hydrogen) atoms. The molecule has 0 unspecified atom stereocenters. The number of pyridine rings is 1. The summed E-state index contributed by atoms with van der Waals surface area (Å²) >= 11 is 2.91. The monoisotopic (exact) mass is 408 g/mol. The van der Waals surface area contributed by atoms with Crippen molar-refractivity contribution in [2.45, 2.75) is 30.7 Å². The molecule has 3 nitrogen and oxygen atoms in total. The molecule has 0 atom stereocenters. The van der Waals surface area contributed by atoms with Gasteiger partial charge in [0.2, 0.25) is 0 Å². The molecule has 140 valence electrons. The molecule has 0 bridgehead atoms. The van der Waals surface area contributed by atoms with Crippen LogP contribution in [0.15, 0.2) is 46.8 Å². The summed E-state index contributed by atoms with van der Waals surface area (Å²) in [6, 6.07) is 11.9. The Morgan fingerprint density at radius 1 is 1.21 bits per heavy atom. The molecule has 0 aliphatic heterocycles. The summed E-state index contributed by atoms with van der Waals surface area (Å²) in [6.45, 7) is 0. The summed E-state index contributed by atoms with van der Waals surface area (Å²) in [5, 5.41) is 12.5. The largest absolute Gasteiger partial charge is 0.293 e. The number of thioether (sulfide) groups is 1. The van der Waals surface area contributed by atoms with Crippen LogP contribution >= 0.6 is 23.1 Å². The minimum Gasteiger partial charge on any atom is -0.293 e. The molecule has 6 heteroatoms. The minimum absolute atomic E-state index is 0.105. The van der Waals surface area contributed by atoms with Crippen LogP contribution in [-0.4, -0.2) is 16.5 Å². The van der Waals surface area contributed by atoms with Crippen molar-refractivity contribution in [3.8, 4) is 16.5 Å². The first-order valence-electron chi connectivity index (χ1n) is 9.08. The molecule has 2 aromatic heterocycles. The van der Waals surface area contributed by atoms with Crippen molar-refractivity contribution >= 4 is 28.9 Å². The molecule has 0 spiro atoms. The number of thiophene rings is 1. The number of Topliss-reactive ketones (excluding diaryl/α,β-unsaturated/α-hetero) is 1. The Bertz CT molecular complexity index is 1050. The van der Waals surface area contributed by atoms with Gasteiger partial charge in [0.15, 0.2) is 5.78 Å². The van der Waals surface area contributed by atoms with Crippen LogP contribution in [0.5, 0.6) is 0 Å². The zero-order chi connectivity index (χ0) is 19.5. The lowest BCUT2D eigenvalue weighted by molar-refractivity contribution is 0.102. The fourth-order valence-electron chi connectivity index (χ4n) is 3.47. The second-order valence-electron chi connectivity index (χ2n) is 6.61. The van der Waals surface area contributed by atoms with E-state index >= 15 is 0 Å². The molecule has 2 heterocycles. The van der Waals surface area contributed by atoms with Gasteiger partial charge >= 0.3 is 0 Å². The Labute approximate surface area is 171 Å². The molecule has 1 aliphatic rings. The van der Waals surface area contributed by atoms with Crippen molar-refractivity contribution in [2.24, 2.45) is 0 Å². The molecular formula is C22H17FN2OS2. The zero-order valence-corrected chi connectivity index (χ0v) is 16.7. The number of nitriles is 1. The second-order valence-corrected chi connectivity index (χ2v) is 8.52. The fourth-order valence-corrected chi connectivity index (χ4v) is 5.18. The maximum atomic E-state index is 13.1. The number of hydrogen-bond acceptors (Lipinski definition) is 5. The first-order valence-corrected chi connectivity index (χ1v) is 10.9. The maximum Gasteiger partial charge on any atom is 0.173 e. The highest BCUT2D eigenvalue weighted by Crippen LogP contribution is 2.39. The van der Waals surface area contributed by atoms with Crippen LogP contribution in [0.3, 0.4) is 0 Å². The Morgan fingerprint density at radius 2 is 2.00 bits per heavy atom. The average Bonchev–Trinajstić information content (AvgIpc) is 3.25. The van der Waals surface area contributed by atoms with Gasteiger partial charge in [-0.25, -0.2) is 9.37 Å². The number of nitrogens with zero attached hydrogens (tertiary/aromatic N) is 2. The van der Waals surface area contributed by atoms with Crippen LogP contribution in [0.1, 0.15) is 40.0 Å². The van der Waals surface area contributed by atoms with Gasteiger partial charge in [0.1, 0.15) is 16.9 Å². The van der Waals surface area contributed by atoms with Gasteiger partial charge in [0, 0.05) is 21.7 Å². The van der Waals surface area contributed by atoms with E-state index in [4.69, 9.17) is 4.98 Å². The quantitative estimate of drug-likeness (QED) is 0.403. The smallest absolute Gasteiger partial charge is 0.173 e. The van der Waals surface area contributed by atoms with E-state index in [-0.39, 0.29) is 17.4 Å². The van der Waals surface area contributed by atoms with Gasteiger partial charge in [-0.2, -0.15) is 5.26 Å². The van der Waals surface area contributed by atoms with Gasteiger partial charge < -0.3 is 0 Å². The van der Waals surface area contributed by atoms with E-state index in [1.165, 1.54) is 41.6 Å². The summed E-state index contributed by atoms with van der Waals surface area (Å²) in [4.78, 5) is 18.3. The topological polar surface area (TPSA) is 53.8 Å². The first-order chi connectivity index (χ1) is 13.7. The van der Waals surface area contributed by atoms with Gasteiger partial charge in [-0.15, -0.1) is 11.3 Å². The van der Waals surface area contributed by atoms with Crippen molar-refractivity contribution in [3.05, 3.63) is 70.0 Å². The molecule has 0 radical (unpaired) electrons. The standard InChI is InChI=1S/C22H17FN2OS2/c23-15-9-7-14(8-10-15)19(26)13-28-22-17(12-24)21(20-6-3-11-27-20)16-4-1-2-5-18(16)25-22/h3,6-11H,1-2,4-5,13H2. The summed E-state index contributed by atoms with van der Waals surface area (Å²) in [5.74, 6) is -0.310. The Kier molecular flexibility index (Phi) is 5.56. The van der Waals surface area contributed by atoms with Gasteiger partial charge in [-0.05, 0) is 67.0 Å². The van der Waals surface area contributed by atoms with E-state index in [2.05, 4.69) is 6.07 Å². The third-order valence-corrected chi connectivity index (χ3v) is 6.69. The van der Waals surface area contributed by atoms with Crippen molar-refractivity contribution in [1.29, 1.82) is 5.26 Å². The maximum absolute atomic E-state index is 13.1. The molecular weight excluding hydrogens is 391 g/mol. The Hall–Kier alpha value is -2.49. The number of ketones is 1. The van der Waals surface area contributed by atoms with Crippen molar-refractivity contribution in [2.75, 3.05) is 5.75 Å². The van der Waals surface area contributed by atoms with Gasteiger partial charge in [-0.1, -0.05) is 17.8 Å². The number of halogens is 1. The predicted octanol–water partition coefficient (Wildman–Crippen LogP) is 5.67. The molecule has 4 rings (SSSR count). The van der Waals surface area contributed by atoms with E-state index < -0.39 is 0 Å². The summed E-state index contributed by atoms with van der Waals surface area (Å²) in [6.07, 6.45) is 4.03. The Morgan fingerprint density at radius 3 is 2.71 bits per heavy atom. The number of aromatic nitrogens is 1. The van der Waals surface area contributed by atoms with Crippen LogP contribution in [0, 0.1) is 17.1 Å². The van der Waals surface area contributed by atoms with Crippen LogP contribution < -0.4 is 0 Å². The van der Waals surface area contributed by atoms with E-state index in [1.54, 1.807) is 11.3 Å². The number of aryl methyl sites for hydroxylation is 1. The summed E-state index contributed by atoms with van der Waals surface area (Å²) in [7, 11) is 0. The highest BCUT2D eigenvalue weighted by molar-refractivity contribution is 8.00. The predicted molar refractivity (Wildman–Crippen MR) is 110 cm³/mol. The second kappa shape index (κ2) is 8.26. The number of carbonyl (C=O) groups excluding carboxylic acids is 1. The van der Waals surface area contributed by atoms with E-state index in [1.807, 2.05) is 17.5 Å². The fraction of sp³-hybridized carbons (Fsp3) is 0.227. The number of carbonyl (C=O) groups is 1. The van der Waals surface area contributed by atoms with Crippen molar-refractivity contribution in [3.63, 3.8) is 0 Å². The molecule has 3 aromatic rings. The lowest BCUT2D eigenvalue weighted by Crippen LogP contribution is -2.11. The zero-order valence-electron chi connectivity index (χ0n) is 15.1. The molecule has 1 aliphatic carbocycles. The van der Waals surface area contributed by atoms with E-state index in [9.17, 15) is 14.4 Å². The van der Waals surface area contributed by atoms with Crippen LogP contribution in [0.25, 0.3) is 10.4 Å². The highest BCUT2D eigenvalue weighted by Gasteiger charge is 2.24. The normalized spacial score (nSPS) is 13.0. The van der Waals surface area contributed by atoms with E-state index in [0.717, 1.165) is 41.8 Å². The molecule has 0 saturated heterocycles. The van der Waals surface area contributed by atoms with Crippen LogP contribution in [0.2, 0.25) is 0 Å². The third-order valence-electron chi connectivity index (χ3n) is 4.83. The number of fused-ring (bicyclic) bond motifs is 1. The summed E-state index contributed by atoms with van der Waals surface area (Å²) < 4.78 is 13.1. The minimum atomic E-state index is -0.368. The lowest BCUT2D eigenvalue weighted by Gasteiger charge is -2.21. The van der Waals surface area contributed by atoms with Crippen molar-refractivity contribution < 1.29 is 9.18 Å². The number of benzene rings is 1. The van der Waals surface area contributed by atoms with E-state index in [0.29, 0.717) is 16.2 Å². The molecule has 0 fully saturated rings. The lowest BCUT2D eigenvalue weighted by atomic mass is 9.89. The molecule has 1 aromatic carbocycles. The molecule has 0 saturated carbocycles. The SMILES string of the molecule is N#Cc1c(SCC(=O)c2ccc(F)cc2)nc2c(c1-c1cccs1)CCCC2. The Balaban J connectivity index is 1.69. The molecule has 0 N–H and O–H groups in total. The van der Waals surface area contributed by atoms with Crippen LogP contribution in [0.4, 0.5) is 4.39 Å². The highest BCUT2D eigenvalue weighted by atomic mass is 32.2. The third kappa shape index (κ3) is 3.73.